The molecule has 9 heteroatoms. The third-order valence-corrected chi connectivity index (χ3v) is 4.90. The largest absolute Gasteiger partial charge is 0.484 e. The van der Waals surface area contributed by atoms with Gasteiger partial charge in [0.25, 0.3) is 17.7 Å². The average Bonchev–Trinajstić information content (AvgIpc) is 2.95. The van der Waals surface area contributed by atoms with Crippen LogP contribution in [0, 0.1) is 0 Å². The summed E-state index contributed by atoms with van der Waals surface area (Å²) < 4.78 is 5.43. The van der Waals surface area contributed by atoms with Gasteiger partial charge in [-0.15, -0.1) is 0 Å². The number of benzene rings is 2. The van der Waals surface area contributed by atoms with Crippen molar-refractivity contribution < 1.29 is 19.1 Å². The van der Waals surface area contributed by atoms with Gasteiger partial charge in [-0.05, 0) is 48.1 Å². The molecule has 2 aromatic rings. The van der Waals surface area contributed by atoms with E-state index in [0.29, 0.717) is 16.2 Å². The maximum atomic E-state index is 12.6. The summed E-state index contributed by atoms with van der Waals surface area (Å²) in [6.07, 6.45) is 1.66. The summed E-state index contributed by atoms with van der Waals surface area (Å²) in [5.41, 5.74) is 8.72. The molecule has 0 aromatic heterocycles. The molecule has 0 aliphatic carbocycles. The van der Waals surface area contributed by atoms with Crippen molar-refractivity contribution in [3.05, 3.63) is 70.6 Å². The van der Waals surface area contributed by atoms with E-state index in [4.69, 9.17) is 22.7 Å². The van der Waals surface area contributed by atoms with Crippen LogP contribution in [0.4, 0.5) is 0 Å². The normalized spacial score (nSPS) is 15.0. The van der Waals surface area contributed by atoms with Crippen LogP contribution in [0.25, 0.3) is 6.08 Å². The maximum absolute atomic E-state index is 12.6. The van der Waals surface area contributed by atoms with Crippen molar-refractivity contribution >= 4 is 52.1 Å². The lowest BCUT2D eigenvalue weighted by Gasteiger charge is -2.15. The number of primary amides is 1. The number of hydrogen-bond donors (Lipinski definition) is 2. The number of thiocarbonyl (C=S) groups is 1. The number of carbonyl (C=O) groups excluding carboxylic acids is 3. The first-order valence-electron chi connectivity index (χ1n) is 8.09. The molecule has 0 radical (unpaired) electrons. The molecule has 0 atom stereocenters. The Morgan fingerprint density at radius 3 is 2.46 bits per heavy atom. The third kappa shape index (κ3) is 4.76. The topological polar surface area (TPSA) is 102 Å². The number of nitrogens with two attached hydrogens (primary N) is 1. The monoisotopic (exact) mass is 413 g/mol. The van der Waals surface area contributed by atoms with E-state index in [0.717, 1.165) is 22.3 Å². The van der Waals surface area contributed by atoms with Crippen molar-refractivity contribution in [1.29, 1.82) is 0 Å². The van der Waals surface area contributed by atoms with Crippen LogP contribution in [0.5, 0.6) is 5.75 Å². The molecule has 1 fully saturated rings. The standard InChI is InChI=1S/C19H15N3O4S2/c20-16(23)11-26-14-8-6-12(7-9-14)10-15-18(25)22(19(27)28-15)21-17(24)13-4-2-1-3-5-13/h1-10H,11H2,(H2,20,23)(H,21,24)/b15-10+. The van der Waals surface area contributed by atoms with Crippen LogP contribution in [-0.4, -0.2) is 33.7 Å². The van der Waals surface area contributed by atoms with Crippen LogP contribution in [0.1, 0.15) is 15.9 Å². The van der Waals surface area contributed by atoms with Gasteiger partial charge in [0.1, 0.15) is 5.75 Å². The number of rotatable bonds is 6. The van der Waals surface area contributed by atoms with Crippen molar-refractivity contribution in [2.24, 2.45) is 5.73 Å². The number of ether oxygens (including phenoxy) is 1. The van der Waals surface area contributed by atoms with Gasteiger partial charge in [-0.2, -0.15) is 5.01 Å². The molecule has 3 rings (SSSR count). The molecule has 1 aliphatic rings. The highest BCUT2D eigenvalue weighted by Crippen LogP contribution is 2.31. The van der Waals surface area contributed by atoms with Crippen LogP contribution in [-0.2, 0) is 9.59 Å². The van der Waals surface area contributed by atoms with Gasteiger partial charge >= 0.3 is 0 Å². The molecular weight excluding hydrogens is 398 g/mol. The number of amides is 3. The number of hydrazine groups is 1. The number of thioether (sulfide) groups is 1. The SMILES string of the molecule is NC(=O)COc1ccc(/C=C2/SC(=S)N(NC(=O)c3ccccc3)C2=O)cc1. The Morgan fingerprint density at radius 1 is 1.14 bits per heavy atom. The lowest BCUT2D eigenvalue weighted by Crippen LogP contribution is -2.44. The van der Waals surface area contributed by atoms with Crippen LogP contribution < -0.4 is 15.9 Å². The Labute approximate surface area is 170 Å². The molecule has 0 bridgehead atoms. The van der Waals surface area contributed by atoms with Gasteiger partial charge in [0.15, 0.2) is 10.9 Å². The summed E-state index contributed by atoms with van der Waals surface area (Å²) >= 11 is 6.30. The number of nitrogens with one attached hydrogen (secondary N) is 1. The van der Waals surface area contributed by atoms with Gasteiger partial charge in [0.2, 0.25) is 0 Å². The third-order valence-electron chi connectivity index (χ3n) is 3.60. The fraction of sp³-hybridized carbons (Fsp3) is 0.0526. The molecule has 0 saturated carbocycles. The van der Waals surface area contributed by atoms with Gasteiger partial charge < -0.3 is 10.5 Å². The minimum absolute atomic E-state index is 0.209. The van der Waals surface area contributed by atoms with E-state index in [1.807, 2.05) is 0 Å². The zero-order valence-corrected chi connectivity index (χ0v) is 16.1. The van der Waals surface area contributed by atoms with E-state index in [1.54, 1.807) is 60.7 Å². The Kier molecular flexibility index (Phi) is 6.07. The fourth-order valence-electron chi connectivity index (χ4n) is 2.29. The van der Waals surface area contributed by atoms with Crippen LogP contribution in [0.3, 0.4) is 0 Å². The predicted octanol–water partition coefficient (Wildman–Crippen LogP) is 2.10. The van der Waals surface area contributed by atoms with Gasteiger partial charge in [0.05, 0.1) is 4.91 Å². The van der Waals surface area contributed by atoms with Crippen molar-refractivity contribution in [1.82, 2.24) is 10.4 Å². The Hall–Kier alpha value is -3.17. The number of nitrogens with zero attached hydrogens (tertiary/aromatic N) is 1. The zero-order chi connectivity index (χ0) is 20.1. The van der Waals surface area contributed by atoms with E-state index < -0.39 is 17.7 Å². The van der Waals surface area contributed by atoms with Crippen molar-refractivity contribution in [3.63, 3.8) is 0 Å². The molecule has 28 heavy (non-hydrogen) atoms. The minimum atomic E-state index is -0.565. The van der Waals surface area contributed by atoms with Crippen molar-refractivity contribution in [2.45, 2.75) is 0 Å². The van der Waals surface area contributed by atoms with E-state index in [-0.39, 0.29) is 10.9 Å². The second-order valence-corrected chi connectivity index (χ2v) is 7.32. The first-order chi connectivity index (χ1) is 13.4. The van der Waals surface area contributed by atoms with Crippen LogP contribution in [0.2, 0.25) is 0 Å². The summed E-state index contributed by atoms with van der Waals surface area (Å²) in [6.45, 7) is -0.209. The van der Waals surface area contributed by atoms with E-state index >= 15 is 0 Å². The Balaban J connectivity index is 1.68. The molecule has 1 heterocycles. The number of carbonyl (C=O) groups is 3. The lowest BCUT2D eigenvalue weighted by molar-refractivity contribution is -0.123. The van der Waals surface area contributed by atoms with E-state index in [1.165, 1.54) is 0 Å². The molecule has 3 N–H and O–H groups in total. The summed E-state index contributed by atoms with van der Waals surface area (Å²) in [5.74, 6) is -0.911. The molecule has 2 aromatic carbocycles. The quantitative estimate of drug-likeness (QED) is 0.556. The first-order valence-corrected chi connectivity index (χ1v) is 9.31. The Morgan fingerprint density at radius 2 is 1.82 bits per heavy atom. The summed E-state index contributed by atoms with van der Waals surface area (Å²) in [4.78, 5) is 36.0. The molecule has 1 aliphatic heterocycles. The average molecular weight is 413 g/mol. The highest BCUT2D eigenvalue weighted by molar-refractivity contribution is 8.26. The smallest absolute Gasteiger partial charge is 0.285 e. The van der Waals surface area contributed by atoms with Crippen molar-refractivity contribution in [3.8, 4) is 5.75 Å². The molecule has 7 nitrogen and oxygen atoms in total. The van der Waals surface area contributed by atoms with Gasteiger partial charge in [-0.25, -0.2) is 0 Å². The van der Waals surface area contributed by atoms with E-state index in [2.05, 4.69) is 5.43 Å². The predicted molar refractivity (Wildman–Crippen MR) is 110 cm³/mol. The van der Waals surface area contributed by atoms with Gasteiger partial charge in [0, 0.05) is 5.56 Å². The summed E-state index contributed by atoms with van der Waals surface area (Å²) in [7, 11) is 0. The zero-order valence-electron chi connectivity index (χ0n) is 14.5. The minimum Gasteiger partial charge on any atom is -0.484 e. The van der Waals surface area contributed by atoms with Gasteiger partial charge in [-0.3, -0.25) is 19.8 Å². The highest BCUT2D eigenvalue weighted by Gasteiger charge is 2.33. The Bertz CT molecular complexity index is 959. The van der Waals surface area contributed by atoms with E-state index in [9.17, 15) is 14.4 Å². The molecule has 1 saturated heterocycles. The van der Waals surface area contributed by atoms with Crippen LogP contribution >= 0.6 is 24.0 Å². The van der Waals surface area contributed by atoms with Crippen LogP contribution in [0.15, 0.2) is 59.5 Å². The molecule has 0 unspecified atom stereocenters. The van der Waals surface area contributed by atoms with Gasteiger partial charge in [-0.1, -0.05) is 42.1 Å². The fourth-order valence-corrected chi connectivity index (χ4v) is 3.47. The summed E-state index contributed by atoms with van der Waals surface area (Å²) in [6, 6.07) is 15.3. The maximum Gasteiger partial charge on any atom is 0.285 e. The number of hydrogen-bond acceptors (Lipinski definition) is 6. The second-order valence-electron chi connectivity index (χ2n) is 5.65. The molecular formula is C19H15N3O4S2. The molecule has 0 spiro atoms. The lowest BCUT2D eigenvalue weighted by atomic mass is 10.2. The first kappa shape index (κ1) is 19.6. The molecule has 142 valence electrons. The summed E-state index contributed by atoms with van der Waals surface area (Å²) in [5, 5.41) is 1.06. The second kappa shape index (κ2) is 8.68. The van der Waals surface area contributed by atoms with Crippen molar-refractivity contribution in [2.75, 3.05) is 6.61 Å². The molecule has 3 amide bonds. The highest BCUT2D eigenvalue weighted by atomic mass is 32.2.